The van der Waals surface area contributed by atoms with Crippen LogP contribution in [0.4, 0.5) is 4.79 Å². The molecule has 25 heavy (non-hydrogen) atoms. The van der Waals surface area contributed by atoms with Gasteiger partial charge in [-0.1, -0.05) is 67.1 Å². The van der Waals surface area contributed by atoms with Crippen LogP contribution in [0, 0.1) is 0 Å². The molecule has 3 rings (SSSR count). The summed E-state index contributed by atoms with van der Waals surface area (Å²) in [5, 5.41) is 2.94. The average molecular weight is 338 g/mol. The van der Waals surface area contributed by atoms with Gasteiger partial charge in [0.1, 0.15) is 6.61 Å². The minimum absolute atomic E-state index is 0.311. The lowest BCUT2D eigenvalue weighted by atomic mass is 10.0. The zero-order valence-electron chi connectivity index (χ0n) is 14.6. The van der Waals surface area contributed by atoms with Crippen LogP contribution in [0.15, 0.2) is 60.7 Å². The highest BCUT2D eigenvalue weighted by Crippen LogP contribution is 2.19. The Morgan fingerprint density at radius 2 is 1.68 bits per heavy atom. The predicted octanol–water partition coefficient (Wildman–Crippen LogP) is 3.97. The van der Waals surface area contributed by atoms with Gasteiger partial charge >= 0.3 is 6.09 Å². The van der Waals surface area contributed by atoms with E-state index in [0.717, 1.165) is 25.1 Å². The van der Waals surface area contributed by atoms with E-state index < -0.39 is 0 Å². The molecule has 0 aromatic heterocycles. The highest BCUT2D eigenvalue weighted by molar-refractivity contribution is 5.67. The van der Waals surface area contributed by atoms with Crippen molar-refractivity contribution in [3.05, 3.63) is 71.8 Å². The summed E-state index contributed by atoms with van der Waals surface area (Å²) < 4.78 is 5.30. The molecule has 1 atom stereocenters. The summed E-state index contributed by atoms with van der Waals surface area (Å²) >= 11 is 0. The lowest BCUT2D eigenvalue weighted by Gasteiger charge is -2.35. The van der Waals surface area contributed by atoms with Crippen LogP contribution in [0.3, 0.4) is 0 Å². The van der Waals surface area contributed by atoms with Gasteiger partial charge in [0.25, 0.3) is 0 Å². The van der Waals surface area contributed by atoms with E-state index in [0.29, 0.717) is 19.2 Å². The molecule has 0 saturated carbocycles. The molecule has 2 aromatic carbocycles. The molecule has 1 amide bonds. The van der Waals surface area contributed by atoms with Gasteiger partial charge in [-0.3, -0.25) is 4.90 Å². The van der Waals surface area contributed by atoms with E-state index in [1.54, 1.807) is 0 Å². The van der Waals surface area contributed by atoms with Crippen molar-refractivity contribution in [2.45, 2.75) is 38.5 Å². The third kappa shape index (κ3) is 5.61. The number of amides is 1. The van der Waals surface area contributed by atoms with Crippen LogP contribution in [-0.4, -0.2) is 30.1 Å². The molecular formula is C21H26N2O2. The average Bonchev–Trinajstić information content (AvgIpc) is 2.67. The van der Waals surface area contributed by atoms with Gasteiger partial charge in [0.05, 0.1) is 0 Å². The Bertz CT molecular complexity index is 645. The Morgan fingerprint density at radius 1 is 1.00 bits per heavy atom. The van der Waals surface area contributed by atoms with E-state index in [2.05, 4.69) is 34.5 Å². The topological polar surface area (TPSA) is 41.6 Å². The number of alkyl carbamates (subject to hydrolysis) is 1. The molecule has 0 radical (unpaired) electrons. The molecule has 132 valence electrons. The molecule has 0 aliphatic carbocycles. The number of ether oxygens (including phenoxy) is 1. The fraction of sp³-hybridized carbons (Fsp3) is 0.381. The number of rotatable bonds is 6. The molecular weight excluding hydrogens is 312 g/mol. The number of likely N-dealkylation sites (tertiary alicyclic amines) is 1. The fourth-order valence-electron chi connectivity index (χ4n) is 3.29. The minimum atomic E-state index is -0.339. The van der Waals surface area contributed by atoms with Crippen LogP contribution in [0.25, 0.3) is 0 Å². The summed E-state index contributed by atoms with van der Waals surface area (Å²) in [6.07, 6.45) is 3.22. The van der Waals surface area contributed by atoms with E-state index in [9.17, 15) is 4.79 Å². The van der Waals surface area contributed by atoms with Crippen molar-refractivity contribution in [2.24, 2.45) is 0 Å². The minimum Gasteiger partial charge on any atom is -0.445 e. The second-order valence-electron chi connectivity index (χ2n) is 6.55. The van der Waals surface area contributed by atoms with Crippen LogP contribution in [0.1, 0.15) is 30.4 Å². The number of hydrogen-bond acceptors (Lipinski definition) is 3. The lowest BCUT2D eigenvalue weighted by Crippen LogP contribution is -2.46. The molecule has 1 unspecified atom stereocenters. The van der Waals surface area contributed by atoms with E-state index in [1.807, 2.05) is 36.4 Å². The Balaban J connectivity index is 1.45. The van der Waals surface area contributed by atoms with E-state index >= 15 is 0 Å². The van der Waals surface area contributed by atoms with Crippen molar-refractivity contribution >= 4 is 6.09 Å². The van der Waals surface area contributed by atoms with Gasteiger partial charge in [-0.05, 0) is 30.5 Å². The number of nitrogens with one attached hydrogen (secondary N) is 1. The third-order valence-electron chi connectivity index (χ3n) is 4.67. The Morgan fingerprint density at radius 3 is 2.40 bits per heavy atom. The van der Waals surface area contributed by atoms with Crippen molar-refractivity contribution in [3.63, 3.8) is 0 Å². The van der Waals surface area contributed by atoms with Gasteiger partial charge in [0.15, 0.2) is 0 Å². The zero-order chi connectivity index (χ0) is 17.3. The first kappa shape index (κ1) is 17.5. The number of benzene rings is 2. The summed E-state index contributed by atoms with van der Waals surface area (Å²) in [4.78, 5) is 14.4. The number of carbonyl (C=O) groups excluding carboxylic acids is 1. The maximum absolute atomic E-state index is 12.0. The first-order valence-electron chi connectivity index (χ1n) is 9.04. The highest BCUT2D eigenvalue weighted by atomic mass is 16.5. The number of hydrogen-bond donors (Lipinski definition) is 1. The van der Waals surface area contributed by atoms with Crippen LogP contribution < -0.4 is 5.32 Å². The van der Waals surface area contributed by atoms with E-state index in [4.69, 9.17) is 4.74 Å². The number of carbonyl (C=O) groups is 1. The molecule has 1 N–H and O–H groups in total. The summed E-state index contributed by atoms with van der Waals surface area (Å²) in [5.74, 6) is 0. The molecule has 0 bridgehead atoms. The molecule has 4 heteroatoms. The van der Waals surface area contributed by atoms with Gasteiger partial charge < -0.3 is 10.1 Å². The van der Waals surface area contributed by atoms with E-state index in [-0.39, 0.29) is 6.09 Å². The van der Waals surface area contributed by atoms with Crippen LogP contribution in [-0.2, 0) is 17.9 Å². The molecule has 0 spiro atoms. The van der Waals surface area contributed by atoms with Crippen molar-refractivity contribution in [1.29, 1.82) is 0 Å². The normalized spacial score (nSPS) is 17.8. The quantitative estimate of drug-likeness (QED) is 0.866. The number of piperidine rings is 1. The van der Waals surface area contributed by atoms with Gasteiger partial charge in [-0.15, -0.1) is 0 Å². The summed E-state index contributed by atoms with van der Waals surface area (Å²) in [5.41, 5.74) is 2.32. The summed E-state index contributed by atoms with van der Waals surface area (Å²) in [7, 11) is 0. The van der Waals surface area contributed by atoms with Crippen LogP contribution in [0.5, 0.6) is 0 Å². The smallest absolute Gasteiger partial charge is 0.407 e. The fourth-order valence-corrected chi connectivity index (χ4v) is 3.29. The maximum Gasteiger partial charge on any atom is 0.407 e. The summed E-state index contributed by atoms with van der Waals surface area (Å²) in [6.45, 7) is 2.97. The Labute approximate surface area is 149 Å². The molecule has 1 aliphatic rings. The van der Waals surface area contributed by atoms with Gasteiger partial charge in [0, 0.05) is 19.1 Å². The molecule has 1 heterocycles. The highest BCUT2D eigenvalue weighted by Gasteiger charge is 2.23. The first-order valence-corrected chi connectivity index (χ1v) is 9.04. The SMILES string of the molecule is O=C(NCC1CCCCN1Cc1ccccc1)OCc1ccccc1. The van der Waals surface area contributed by atoms with E-state index in [1.165, 1.54) is 18.4 Å². The molecule has 1 fully saturated rings. The molecule has 4 nitrogen and oxygen atoms in total. The van der Waals surface area contributed by atoms with Crippen molar-refractivity contribution in [2.75, 3.05) is 13.1 Å². The Hall–Kier alpha value is -2.33. The van der Waals surface area contributed by atoms with Gasteiger partial charge in [-0.2, -0.15) is 0 Å². The van der Waals surface area contributed by atoms with Crippen molar-refractivity contribution in [3.8, 4) is 0 Å². The lowest BCUT2D eigenvalue weighted by molar-refractivity contribution is 0.117. The second kappa shape index (κ2) is 9.23. The largest absolute Gasteiger partial charge is 0.445 e. The van der Waals surface area contributed by atoms with Crippen molar-refractivity contribution < 1.29 is 9.53 Å². The standard InChI is InChI=1S/C21H26N2O2/c24-21(25-17-19-11-5-2-6-12-19)22-15-20-13-7-8-14-23(20)16-18-9-3-1-4-10-18/h1-6,9-12,20H,7-8,13-17H2,(H,22,24). The van der Waals surface area contributed by atoms with Crippen LogP contribution in [0.2, 0.25) is 0 Å². The van der Waals surface area contributed by atoms with Crippen molar-refractivity contribution in [1.82, 2.24) is 10.2 Å². The monoisotopic (exact) mass is 338 g/mol. The van der Waals surface area contributed by atoms with Crippen LogP contribution >= 0.6 is 0 Å². The molecule has 1 aliphatic heterocycles. The maximum atomic E-state index is 12.0. The van der Waals surface area contributed by atoms with Gasteiger partial charge in [0.2, 0.25) is 0 Å². The number of nitrogens with zero attached hydrogens (tertiary/aromatic N) is 1. The third-order valence-corrected chi connectivity index (χ3v) is 4.67. The summed E-state index contributed by atoms with van der Waals surface area (Å²) in [6, 6.07) is 20.6. The first-order chi connectivity index (χ1) is 12.3. The molecule has 1 saturated heterocycles. The second-order valence-corrected chi connectivity index (χ2v) is 6.55. The Kier molecular flexibility index (Phi) is 6.46. The predicted molar refractivity (Wildman–Crippen MR) is 99.1 cm³/mol. The van der Waals surface area contributed by atoms with Gasteiger partial charge in [-0.25, -0.2) is 4.79 Å². The molecule has 2 aromatic rings. The zero-order valence-corrected chi connectivity index (χ0v) is 14.6.